The van der Waals surface area contributed by atoms with E-state index in [4.69, 9.17) is 4.74 Å². The second-order valence-corrected chi connectivity index (χ2v) is 5.36. The number of anilines is 1. The SMILES string of the molecule is CCOC(=O)c1nn(-c2ccccc2)c(=O)cc1NC(=O)C(C)C. The van der Waals surface area contributed by atoms with E-state index >= 15 is 0 Å². The summed E-state index contributed by atoms with van der Waals surface area (Å²) in [5, 5.41) is 6.64. The fraction of sp³-hybridized carbons (Fsp3) is 0.294. The number of nitrogens with zero attached hydrogens (tertiary/aromatic N) is 2. The Balaban J connectivity index is 2.55. The minimum absolute atomic E-state index is 0.0457. The molecule has 0 aliphatic carbocycles. The first-order valence-corrected chi connectivity index (χ1v) is 7.61. The maximum absolute atomic E-state index is 12.3. The summed E-state index contributed by atoms with van der Waals surface area (Å²) < 4.78 is 6.07. The van der Waals surface area contributed by atoms with Gasteiger partial charge in [0.2, 0.25) is 5.91 Å². The molecule has 7 nitrogen and oxygen atoms in total. The molecule has 0 atom stereocenters. The van der Waals surface area contributed by atoms with Crippen molar-refractivity contribution in [3.8, 4) is 5.69 Å². The Bertz CT molecular complexity index is 797. The highest BCUT2D eigenvalue weighted by Crippen LogP contribution is 2.14. The van der Waals surface area contributed by atoms with Gasteiger partial charge in [0.1, 0.15) is 0 Å². The maximum Gasteiger partial charge on any atom is 0.360 e. The molecule has 1 heterocycles. The van der Waals surface area contributed by atoms with Crippen LogP contribution in [0, 0.1) is 5.92 Å². The third-order valence-electron chi connectivity index (χ3n) is 3.18. The van der Waals surface area contributed by atoms with Gasteiger partial charge in [-0.1, -0.05) is 32.0 Å². The van der Waals surface area contributed by atoms with Crippen molar-refractivity contribution in [2.75, 3.05) is 11.9 Å². The Kier molecular flexibility index (Phi) is 5.47. The van der Waals surface area contributed by atoms with E-state index in [1.54, 1.807) is 51.1 Å². The van der Waals surface area contributed by atoms with Gasteiger partial charge in [-0.25, -0.2) is 4.79 Å². The predicted octanol–water partition coefficient (Wildman–Crippen LogP) is 2.00. The number of benzene rings is 1. The van der Waals surface area contributed by atoms with Gasteiger partial charge in [0, 0.05) is 12.0 Å². The molecule has 1 aromatic carbocycles. The van der Waals surface area contributed by atoms with Crippen molar-refractivity contribution in [2.24, 2.45) is 5.92 Å². The van der Waals surface area contributed by atoms with Gasteiger partial charge in [0.05, 0.1) is 18.0 Å². The number of esters is 1. The number of ether oxygens (including phenoxy) is 1. The molecule has 1 aromatic heterocycles. The maximum atomic E-state index is 12.3. The molecule has 0 spiro atoms. The average molecular weight is 329 g/mol. The van der Waals surface area contributed by atoms with Gasteiger partial charge in [0.15, 0.2) is 5.69 Å². The van der Waals surface area contributed by atoms with E-state index in [-0.39, 0.29) is 29.8 Å². The van der Waals surface area contributed by atoms with Crippen molar-refractivity contribution in [2.45, 2.75) is 20.8 Å². The number of hydrogen-bond donors (Lipinski definition) is 1. The standard InChI is InChI=1S/C17H19N3O4/c1-4-24-17(23)15-13(18-16(22)11(2)3)10-14(21)20(19-15)12-8-6-5-7-9-12/h5-11H,4H2,1-3H3,(H,18,22). The number of para-hydroxylation sites is 1. The molecule has 2 aromatic rings. The van der Waals surface area contributed by atoms with E-state index < -0.39 is 11.5 Å². The highest BCUT2D eigenvalue weighted by molar-refractivity contribution is 6.00. The number of aromatic nitrogens is 2. The average Bonchev–Trinajstić information content (AvgIpc) is 2.55. The highest BCUT2D eigenvalue weighted by atomic mass is 16.5. The van der Waals surface area contributed by atoms with Crippen LogP contribution in [0.3, 0.4) is 0 Å². The Morgan fingerprint density at radius 1 is 1.25 bits per heavy atom. The van der Waals surface area contributed by atoms with Gasteiger partial charge in [-0.2, -0.15) is 9.78 Å². The number of carbonyl (C=O) groups excluding carboxylic acids is 2. The summed E-state index contributed by atoms with van der Waals surface area (Å²) in [4.78, 5) is 36.4. The molecular formula is C17H19N3O4. The summed E-state index contributed by atoms with van der Waals surface area (Å²) in [5.41, 5.74) is -0.0262. The Morgan fingerprint density at radius 2 is 1.92 bits per heavy atom. The molecule has 0 bridgehead atoms. The van der Waals surface area contributed by atoms with Crippen molar-refractivity contribution >= 4 is 17.6 Å². The highest BCUT2D eigenvalue weighted by Gasteiger charge is 2.20. The molecule has 0 aliphatic rings. The first-order valence-electron chi connectivity index (χ1n) is 7.61. The molecule has 0 fully saturated rings. The van der Waals surface area contributed by atoms with Gasteiger partial charge < -0.3 is 10.1 Å². The van der Waals surface area contributed by atoms with Crippen LogP contribution < -0.4 is 10.9 Å². The van der Waals surface area contributed by atoms with Crippen molar-refractivity contribution in [3.63, 3.8) is 0 Å². The topological polar surface area (TPSA) is 90.3 Å². The summed E-state index contributed by atoms with van der Waals surface area (Å²) in [6.07, 6.45) is 0. The summed E-state index contributed by atoms with van der Waals surface area (Å²) in [7, 11) is 0. The van der Waals surface area contributed by atoms with Crippen molar-refractivity contribution in [3.05, 3.63) is 52.4 Å². The lowest BCUT2D eigenvalue weighted by Gasteiger charge is -2.13. The zero-order chi connectivity index (χ0) is 17.7. The molecule has 0 aliphatic heterocycles. The van der Waals surface area contributed by atoms with Gasteiger partial charge >= 0.3 is 5.97 Å². The van der Waals surface area contributed by atoms with Crippen LogP contribution in [0.15, 0.2) is 41.2 Å². The van der Waals surface area contributed by atoms with Crippen LogP contribution in [0.25, 0.3) is 5.69 Å². The molecule has 126 valence electrons. The third-order valence-corrected chi connectivity index (χ3v) is 3.18. The molecule has 24 heavy (non-hydrogen) atoms. The lowest BCUT2D eigenvalue weighted by Crippen LogP contribution is -2.28. The largest absolute Gasteiger partial charge is 0.461 e. The first-order chi connectivity index (χ1) is 11.4. The normalized spacial score (nSPS) is 10.5. The van der Waals surface area contributed by atoms with E-state index in [9.17, 15) is 14.4 Å². The van der Waals surface area contributed by atoms with Gasteiger partial charge in [-0.3, -0.25) is 9.59 Å². The van der Waals surface area contributed by atoms with Crippen molar-refractivity contribution < 1.29 is 14.3 Å². The monoisotopic (exact) mass is 329 g/mol. The molecule has 0 saturated heterocycles. The molecule has 1 N–H and O–H groups in total. The first kappa shape index (κ1) is 17.4. The second kappa shape index (κ2) is 7.54. The zero-order valence-corrected chi connectivity index (χ0v) is 13.8. The summed E-state index contributed by atoms with van der Waals surface area (Å²) in [6.45, 7) is 5.23. The van der Waals surface area contributed by atoms with Crippen LogP contribution in [0.2, 0.25) is 0 Å². The Morgan fingerprint density at radius 3 is 2.50 bits per heavy atom. The molecule has 0 unspecified atom stereocenters. The van der Waals surface area contributed by atoms with E-state index in [1.807, 2.05) is 0 Å². The molecular weight excluding hydrogens is 310 g/mol. The molecule has 7 heteroatoms. The summed E-state index contributed by atoms with van der Waals surface area (Å²) >= 11 is 0. The van der Waals surface area contributed by atoms with Crippen molar-refractivity contribution in [1.82, 2.24) is 9.78 Å². The Labute approximate surface area is 139 Å². The van der Waals surface area contributed by atoms with Crippen LogP contribution in [0.5, 0.6) is 0 Å². The van der Waals surface area contributed by atoms with Crippen LogP contribution in [-0.2, 0) is 9.53 Å². The van der Waals surface area contributed by atoms with Gasteiger partial charge in [-0.05, 0) is 19.1 Å². The predicted molar refractivity (Wildman–Crippen MR) is 89.3 cm³/mol. The van der Waals surface area contributed by atoms with E-state index in [0.717, 1.165) is 4.68 Å². The van der Waals surface area contributed by atoms with E-state index in [2.05, 4.69) is 10.4 Å². The smallest absolute Gasteiger partial charge is 0.360 e. The molecule has 0 radical (unpaired) electrons. The fourth-order valence-corrected chi connectivity index (χ4v) is 1.93. The third kappa shape index (κ3) is 3.87. The number of hydrogen-bond acceptors (Lipinski definition) is 5. The van der Waals surface area contributed by atoms with E-state index in [0.29, 0.717) is 5.69 Å². The number of amides is 1. The molecule has 0 saturated carbocycles. The second-order valence-electron chi connectivity index (χ2n) is 5.36. The number of carbonyl (C=O) groups is 2. The van der Waals surface area contributed by atoms with Crippen LogP contribution in [0.1, 0.15) is 31.3 Å². The van der Waals surface area contributed by atoms with Crippen LogP contribution in [0.4, 0.5) is 5.69 Å². The zero-order valence-electron chi connectivity index (χ0n) is 13.8. The lowest BCUT2D eigenvalue weighted by atomic mass is 10.2. The Hall–Kier alpha value is -2.96. The number of nitrogens with one attached hydrogen (secondary N) is 1. The minimum atomic E-state index is -0.707. The minimum Gasteiger partial charge on any atom is -0.461 e. The van der Waals surface area contributed by atoms with Gasteiger partial charge in [0.25, 0.3) is 5.56 Å². The molecule has 1 amide bonds. The van der Waals surface area contributed by atoms with Gasteiger partial charge in [-0.15, -0.1) is 0 Å². The lowest BCUT2D eigenvalue weighted by molar-refractivity contribution is -0.118. The molecule has 2 rings (SSSR count). The van der Waals surface area contributed by atoms with Crippen molar-refractivity contribution in [1.29, 1.82) is 0 Å². The van der Waals surface area contributed by atoms with Crippen LogP contribution in [-0.4, -0.2) is 28.3 Å². The fourth-order valence-electron chi connectivity index (χ4n) is 1.93. The summed E-state index contributed by atoms with van der Waals surface area (Å²) in [5.74, 6) is -1.34. The summed E-state index contributed by atoms with van der Waals surface area (Å²) in [6, 6.07) is 9.86. The number of rotatable bonds is 5. The van der Waals surface area contributed by atoms with Crippen LogP contribution >= 0.6 is 0 Å². The quantitative estimate of drug-likeness (QED) is 0.847. The van der Waals surface area contributed by atoms with E-state index in [1.165, 1.54) is 6.07 Å².